The molecule has 1 aliphatic heterocycles. The Morgan fingerprint density at radius 1 is 1.14 bits per heavy atom. The van der Waals surface area contributed by atoms with Gasteiger partial charge in [-0.15, -0.1) is 0 Å². The Bertz CT molecular complexity index is 1310. The Balaban J connectivity index is 1.31. The number of nitriles is 1. The van der Waals surface area contributed by atoms with Gasteiger partial charge in [0, 0.05) is 35.1 Å². The topological polar surface area (TPSA) is 77.8 Å². The predicted octanol–water partition coefficient (Wildman–Crippen LogP) is 6.18. The SMILES string of the molecule is COC(=O)C[C@@H]1COc2cc(O[C@@H]3CCc4c(Oc5ccc(CCC#N)cc5)ccc(F)c43)ccc21. The molecule has 5 rings (SSSR count). The number of carbonyl (C=O) groups excluding carboxylic acids is 1. The van der Waals surface area contributed by atoms with Crippen LogP contribution in [0.3, 0.4) is 0 Å². The average molecular weight is 488 g/mol. The smallest absolute Gasteiger partial charge is 0.306 e. The van der Waals surface area contributed by atoms with E-state index in [0.717, 1.165) is 16.7 Å². The summed E-state index contributed by atoms with van der Waals surface area (Å²) < 4.78 is 37.8. The van der Waals surface area contributed by atoms with Crippen LogP contribution in [0.1, 0.15) is 53.5 Å². The normalized spacial score (nSPS) is 17.5. The molecular formula is C29H26FNO5. The molecule has 1 heterocycles. The molecule has 0 fully saturated rings. The first kappa shape index (κ1) is 23.7. The van der Waals surface area contributed by atoms with Crippen LogP contribution in [0.4, 0.5) is 4.39 Å². The van der Waals surface area contributed by atoms with E-state index in [4.69, 9.17) is 24.2 Å². The molecule has 3 aromatic rings. The molecule has 0 saturated heterocycles. The van der Waals surface area contributed by atoms with Gasteiger partial charge in [-0.3, -0.25) is 4.79 Å². The first-order valence-corrected chi connectivity index (χ1v) is 12.0. The van der Waals surface area contributed by atoms with E-state index in [9.17, 15) is 9.18 Å². The fourth-order valence-electron chi connectivity index (χ4n) is 4.85. The van der Waals surface area contributed by atoms with Crippen molar-refractivity contribution < 1.29 is 28.1 Å². The number of rotatable bonds is 8. The van der Waals surface area contributed by atoms with Gasteiger partial charge in [-0.25, -0.2) is 4.39 Å². The zero-order valence-corrected chi connectivity index (χ0v) is 20.0. The van der Waals surface area contributed by atoms with E-state index >= 15 is 0 Å². The lowest BCUT2D eigenvalue weighted by molar-refractivity contribution is -0.141. The summed E-state index contributed by atoms with van der Waals surface area (Å²) in [7, 11) is 1.37. The molecule has 3 aromatic carbocycles. The van der Waals surface area contributed by atoms with Gasteiger partial charge in [0.05, 0.1) is 26.2 Å². The van der Waals surface area contributed by atoms with Crippen LogP contribution in [0.15, 0.2) is 54.6 Å². The van der Waals surface area contributed by atoms with Gasteiger partial charge >= 0.3 is 5.97 Å². The molecule has 1 aliphatic carbocycles. The number of nitrogens with zero attached hydrogens (tertiary/aromatic N) is 1. The molecule has 0 aromatic heterocycles. The third-order valence-electron chi connectivity index (χ3n) is 6.70. The van der Waals surface area contributed by atoms with Crippen molar-refractivity contribution in [3.05, 3.63) is 82.7 Å². The molecule has 0 radical (unpaired) electrons. The zero-order valence-electron chi connectivity index (χ0n) is 20.0. The third-order valence-corrected chi connectivity index (χ3v) is 6.70. The number of methoxy groups -OCH3 is 1. The van der Waals surface area contributed by atoms with Gasteiger partial charge in [0.15, 0.2) is 0 Å². The first-order chi connectivity index (χ1) is 17.6. The fourth-order valence-corrected chi connectivity index (χ4v) is 4.85. The van der Waals surface area contributed by atoms with Crippen molar-refractivity contribution >= 4 is 5.97 Å². The lowest BCUT2D eigenvalue weighted by atomic mass is 9.98. The summed E-state index contributed by atoms with van der Waals surface area (Å²) in [5, 5.41) is 8.75. The van der Waals surface area contributed by atoms with Gasteiger partial charge in [0.25, 0.3) is 0 Å². The van der Waals surface area contributed by atoms with E-state index in [2.05, 4.69) is 6.07 Å². The molecule has 0 spiro atoms. The quantitative estimate of drug-likeness (QED) is 0.353. The second-order valence-corrected chi connectivity index (χ2v) is 8.97. The van der Waals surface area contributed by atoms with E-state index in [-0.39, 0.29) is 24.1 Å². The fraction of sp³-hybridized carbons (Fsp3) is 0.310. The summed E-state index contributed by atoms with van der Waals surface area (Å²) in [6.07, 6.45) is 2.25. The van der Waals surface area contributed by atoms with E-state index < -0.39 is 6.10 Å². The summed E-state index contributed by atoms with van der Waals surface area (Å²) in [4.78, 5) is 11.7. The van der Waals surface area contributed by atoms with Gasteiger partial charge in [-0.2, -0.15) is 5.26 Å². The number of hydrogen-bond donors (Lipinski definition) is 0. The van der Waals surface area contributed by atoms with Crippen LogP contribution in [0.25, 0.3) is 0 Å². The van der Waals surface area contributed by atoms with Crippen molar-refractivity contribution in [2.24, 2.45) is 0 Å². The highest BCUT2D eigenvalue weighted by Crippen LogP contribution is 2.44. The molecule has 7 heteroatoms. The number of ether oxygens (including phenoxy) is 4. The minimum Gasteiger partial charge on any atom is -0.492 e. The molecule has 0 unspecified atom stereocenters. The Morgan fingerprint density at radius 3 is 2.72 bits per heavy atom. The Morgan fingerprint density at radius 2 is 1.94 bits per heavy atom. The summed E-state index contributed by atoms with van der Waals surface area (Å²) in [5.74, 6) is 1.90. The standard InChI is InChI=1S/C29H26FNO5/c1-33-28(32)15-19-17-34-27-16-21(8-9-22(19)27)36-26-12-10-23-25(13-11-24(30)29(23)26)35-20-6-4-18(5-7-20)3-2-14-31/h4-9,11,13,16,19,26H,2-3,10,12,15,17H2,1H3/t19-,26-/m1/s1. The van der Waals surface area contributed by atoms with Gasteiger partial charge < -0.3 is 18.9 Å². The number of benzene rings is 3. The summed E-state index contributed by atoms with van der Waals surface area (Å²) >= 11 is 0. The van der Waals surface area contributed by atoms with Crippen LogP contribution in [0.5, 0.6) is 23.0 Å². The third kappa shape index (κ3) is 4.85. The van der Waals surface area contributed by atoms with Crippen molar-refractivity contribution in [1.29, 1.82) is 5.26 Å². The lowest BCUT2D eigenvalue weighted by Crippen LogP contribution is -2.09. The minimum absolute atomic E-state index is 0.0498. The molecule has 184 valence electrons. The maximum absolute atomic E-state index is 14.9. The maximum atomic E-state index is 14.9. The van der Waals surface area contributed by atoms with Gasteiger partial charge in [0.1, 0.15) is 34.9 Å². The van der Waals surface area contributed by atoms with E-state index in [0.29, 0.717) is 60.9 Å². The van der Waals surface area contributed by atoms with Crippen LogP contribution >= 0.6 is 0 Å². The number of esters is 1. The molecule has 36 heavy (non-hydrogen) atoms. The van der Waals surface area contributed by atoms with Gasteiger partial charge in [-0.1, -0.05) is 18.2 Å². The molecule has 0 bridgehead atoms. The van der Waals surface area contributed by atoms with Crippen LogP contribution in [0.2, 0.25) is 0 Å². The minimum atomic E-state index is -0.442. The van der Waals surface area contributed by atoms with Crippen LogP contribution in [0, 0.1) is 17.1 Å². The number of carbonyl (C=O) groups is 1. The summed E-state index contributed by atoms with van der Waals surface area (Å²) in [5.41, 5.74) is 3.34. The lowest BCUT2D eigenvalue weighted by Gasteiger charge is -2.17. The van der Waals surface area contributed by atoms with Gasteiger partial charge in [0.2, 0.25) is 0 Å². The van der Waals surface area contributed by atoms with E-state index in [1.54, 1.807) is 12.1 Å². The van der Waals surface area contributed by atoms with Crippen molar-refractivity contribution in [3.8, 4) is 29.1 Å². The van der Waals surface area contributed by atoms with E-state index in [1.165, 1.54) is 13.2 Å². The largest absolute Gasteiger partial charge is 0.492 e. The van der Waals surface area contributed by atoms with Crippen LogP contribution < -0.4 is 14.2 Å². The highest BCUT2D eigenvalue weighted by atomic mass is 19.1. The molecule has 0 N–H and O–H groups in total. The molecule has 2 atom stereocenters. The Kier molecular flexibility index (Phi) is 6.77. The Hall–Kier alpha value is -4.05. The van der Waals surface area contributed by atoms with Crippen molar-refractivity contribution in [2.45, 2.75) is 44.1 Å². The molecule has 6 nitrogen and oxygen atoms in total. The second kappa shape index (κ2) is 10.3. The molecule has 0 amide bonds. The van der Waals surface area contributed by atoms with Crippen LogP contribution in [-0.4, -0.2) is 19.7 Å². The highest BCUT2D eigenvalue weighted by molar-refractivity contribution is 5.71. The second-order valence-electron chi connectivity index (χ2n) is 8.97. The molecular weight excluding hydrogens is 461 g/mol. The molecule has 0 saturated carbocycles. The summed E-state index contributed by atoms with van der Waals surface area (Å²) in [6.45, 7) is 0.411. The van der Waals surface area contributed by atoms with Crippen molar-refractivity contribution in [1.82, 2.24) is 0 Å². The molecule has 2 aliphatic rings. The monoisotopic (exact) mass is 487 g/mol. The van der Waals surface area contributed by atoms with Crippen molar-refractivity contribution in [2.75, 3.05) is 13.7 Å². The average Bonchev–Trinajstić information content (AvgIpc) is 3.50. The van der Waals surface area contributed by atoms with Crippen molar-refractivity contribution in [3.63, 3.8) is 0 Å². The zero-order chi connectivity index (χ0) is 25.1. The first-order valence-electron chi connectivity index (χ1n) is 12.0. The Labute approximate surface area is 209 Å². The number of aryl methyl sites for hydroxylation is 1. The number of hydrogen-bond acceptors (Lipinski definition) is 6. The number of halogens is 1. The predicted molar refractivity (Wildman–Crippen MR) is 130 cm³/mol. The van der Waals surface area contributed by atoms with Gasteiger partial charge in [-0.05, 0) is 55.2 Å². The van der Waals surface area contributed by atoms with Crippen LogP contribution in [-0.2, 0) is 22.4 Å². The summed E-state index contributed by atoms with van der Waals surface area (Å²) in [6, 6.07) is 18.4. The number of fused-ring (bicyclic) bond motifs is 2. The maximum Gasteiger partial charge on any atom is 0.306 e. The highest BCUT2D eigenvalue weighted by Gasteiger charge is 2.32. The van der Waals surface area contributed by atoms with E-state index in [1.807, 2.05) is 36.4 Å².